The highest BCUT2D eigenvalue weighted by Crippen LogP contribution is 2.48. The van der Waals surface area contributed by atoms with E-state index in [2.05, 4.69) is 15.0 Å². The lowest BCUT2D eigenvalue weighted by molar-refractivity contribution is -0.136. The lowest BCUT2D eigenvalue weighted by Gasteiger charge is -2.23. The molecule has 0 bridgehead atoms. The molecule has 3 aromatic rings. The monoisotopic (exact) mass is 353 g/mol. The number of H-pyrrole nitrogens is 1. The molecule has 0 saturated heterocycles. The first-order valence-electron chi connectivity index (χ1n) is 8.84. The normalized spacial score (nSPS) is 15.2. The van der Waals surface area contributed by atoms with Crippen molar-refractivity contribution < 1.29 is 9.53 Å². The molecule has 1 aliphatic rings. The summed E-state index contributed by atoms with van der Waals surface area (Å²) in [5, 5.41) is 0. The predicted molar refractivity (Wildman–Crippen MR) is 97.9 cm³/mol. The molecular formula is C19H23N5O2. The zero-order valence-corrected chi connectivity index (χ0v) is 15.1. The van der Waals surface area contributed by atoms with Crippen molar-refractivity contribution >= 4 is 16.9 Å². The number of methoxy groups -OCH3 is 1. The molecule has 1 aromatic carbocycles. The molecule has 2 heterocycles. The van der Waals surface area contributed by atoms with E-state index in [1.54, 1.807) is 19.6 Å². The van der Waals surface area contributed by atoms with Crippen LogP contribution in [0.1, 0.15) is 18.7 Å². The van der Waals surface area contributed by atoms with E-state index in [0.717, 1.165) is 35.4 Å². The zero-order chi connectivity index (χ0) is 18.1. The van der Waals surface area contributed by atoms with Gasteiger partial charge in [0.2, 0.25) is 5.91 Å². The van der Waals surface area contributed by atoms with Crippen LogP contribution in [-0.4, -0.2) is 51.0 Å². The third-order valence-electron chi connectivity index (χ3n) is 5.12. The summed E-state index contributed by atoms with van der Waals surface area (Å²) in [4.78, 5) is 26.7. The van der Waals surface area contributed by atoms with Gasteiger partial charge in [0.1, 0.15) is 11.6 Å². The van der Waals surface area contributed by atoms with Crippen LogP contribution in [0.15, 0.2) is 36.9 Å². The standard InChI is InChI=1S/C19H23N5O2/c1-23(18(25)19(6-7-19)12-24-10-8-20-13-24)9-5-17-21-15-4-3-14(26-2)11-16(15)22-17/h3-4,8,10-11,13H,5-7,9,12H2,1-2H3,(H,21,22). The summed E-state index contributed by atoms with van der Waals surface area (Å²) < 4.78 is 7.23. The van der Waals surface area contributed by atoms with Crippen molar-refractivity contribution in [3.05, 3.63) is 42.7 Å². The van der Waals surface area contributed by atoms with Gasteiger partial charge in [0.25, 0.3) is 0 Å². The Morgan fingerprint density at radius 3 is 2.96 bits per heavy atom. The van der Waals surface area contributed by atoms with E-state index in [1.165, 1.54) is 0 Å². The maximum Gasteiger partial charge on any atom is 0.230 e. The van der Waals surface area contributed by atoms with Crippen molar-refractivity contribution in [2.75, 3.05) is 20.7 Å². The molecule has 0 atom stereocenters. The Kier molecular flexibility index (Phi) is 4.14. The first-order valence-corrected chi connectivity index (χ1v) is 8.84. The molecule has 26 heavy (non-hydrogen) atoms. The highest BCUT2D eigenvalue weighted by molar-refractivity contribution is 5.85. The van der Waals surface area contributed by atoms with Crippen LogP contribution in [0.4, 0.5) is 0 Å². The number of aromatic nitrogens is 4. The second-order valence-corrected chi connectivity index (χ2v) is 7.06. The molecular weight excluding hydrogens is 330 g/mol. The fraction of sp³-hybridized carbons (Fsp3) is 0.421. The molecule has 7 heteroatoms. The van der Waals surface area contributed by atoms with Gasteiger partial charge in [0, 0.05) is 45.0 Å². The number of hydrogen-bond donors (Lipinski definition) is 1. The molecule has 1 saturated carbocycles. The minimum atomic E-state index is -0.253. The van der Waals surface area contributed by atoms with Crippen molar-refractivity contribution in [3.8, 4) is 5.75 Å². The van der Waals surface area contributed by atoms with E-state index >= 15 is 0 Å². The summed E-state index contributed by atoms with van der Waals surface area (Å²) in [5.74, 6) is 1.89. The Hall–Kier alpha value is -2.83. The number of nitrogens with one attached hydrogen (secondary N) is 1. The number of rotatable bonds is 7. The van der Waals surface area contributed by atoms with Gasteiger partial charge in [-0.3, -0.25) is 4.79 Å². The molecule has 0 radical (unpaired) electrons. The quantitative estimate of drug-likeness (QED) is 0.707. The number of likely N-dealkylation sites (N-methyl/N-ethyl adjacent to an activating group) is 1. The highest BCUT2D eigenvalue weighted by Gasteiger charge is 2.51. The summed E-state index contributed by atoms with van der Waals surface area (Å²) in [6.07, 6.45) is 8.02. The van der Waals surface area contributed by atoms with E-state index in [4.69, 9.17) is 4.74 Å². The second kappa shape index (κ2) is 6.48. The molecule has 1 N–H and O–H groups in total. The number of carbonyl (C=O) groups excluding carboxylic acids is 1. The first-order chi connectivity index (χ1) is 12.6. The molecule has 1 fully saturated rings. The van der Waals surface area contributed by atoms with Gasteiger partial charge in [-0.2, -0.15) is 0 Å². The Bertz CT molecular complexity index is 911. The molecule has 7 nitrogen and oxygen atoms in total. The van der Waals surface area contributed by atoms with Gasteiger partial charge in [-0.15, -0.1) is 0 Å². The first kappa shape index (κ1) is 16.6. The largest absolute Gasteiger partial charge is 0.497 e. The summed E-state index contributed by atoms with van der Waals surface area (Å²) in [6.45, 7) is 1.35. The van der Waals surface area contributed by atoms with Crippen LogP contribution in [-0.2, 0) is 17.8 Å². The number of aromatic amines is 1. The predicted octanol–water partition coefficient (Wildman–Crippen LogP) is 2.25. The topological polar surface area (TPSA) is 76.0 Å². The van der Waals surface area contributed by atoms with Crippen molar-refractivity contribution in [2.24, 2.45) is 5.41 Å². The van der Waals surface area contributed by atoms with E-state index in [-0.39, 0.29) is 11.3 Å². The summed E-state index contributed by atoms with van der Waals surface area (Å²) >= 11 is 0. The Labute approximate surface area is 152 Å². The molecule has 2 aromatic heterocycles. The number of imidazole rings is 2. The van der Waals surface area contributed by atoms with Crippen LogP contribution in [0.5, 0.6) is 5.75 Å². The highest BCUT2D eigenvalue weighted by atomic mass is 16.5. The number of amides is 1. The van der Waals surface area contributed by atoms with Crippen LogP contribution in [0, 0.1) is 5.41 Å². The summed E-state index contributed by atoms with van der Waals surface area (Å²) in [6, 6.07) is 5.77. The molecule has 0 aliphatic heterocycles. The summed E-state index contributed by atoms with van der Waals surface area (Å²) in [7, 11) is 3.53. The molecule has 1 aliphatic carbocycles. The minimum Gasteiger partial charge on any atom is -0.497 e. The SMILES string of the molecule is COc1ccc2nc(CCN(C)C(=O)C3(Cn4ccnc4)CC3)[nH]c2c1. The average molecular weight is 353 g/mol. The van der Waals surface area contributed by atoms with Gasteiger partial charge in [0.05, 0.1) is 29.9 Å². The molecule has 0 unspecified atom stereocenters. The number of ether oxygens (including phenoxy) is 1. The van der Waals surface area contributed by atoms with Gasteiger partial charge in [0.15, 0.2) is 0 Å². The van der Waals surface area contributed by atoms with Crippen molar-refractivity contribution in [1.29, 1.82) is 0 Å². The van der Waals surface area contributed by atoms with Crippen molar-refractivity contribution in [1.82, 2.24) is 24.4 Å². The van der Waals surface area contributed by atoms with Gasteiger partial charge < -0.3 is 19.2 Å². The zero-order valence-electron chi connectivity index (χ0n) is 15.1. The number of carbonyl (C=O) groups is 1. The van der Waals surface area contributed by atoms with Gasteiger partial charge in [-0.1, -0.05) is 0 Å². The number of nitrogens with zero attached hydrogens (tertiary/aromatic N) is 4. The van der Waals surface area contributed by atoms with Crippen LogP contribution in [0.2, 0.25) is 0 Å². The molecule has 0 spiro atoms. The van der Waals surface area contributed by atoms with E-state index in [9.17, 15) is 4.79 Å². The molecule has 4 rings (SSSR count). The second-order valence-electron chi connectivity index (χ2n) is 7.06. The molecule has 136 valence electrons. The number of fused-ring (bicyclic) bond motifs is 1. The summed E-state index contributed by atoms with van der Waals surface area (Å²) in [5.41, 5.74) is 1.61. The van der Waals surface area contributed by atoms with Gasteiger partial charge >= 0.3 is 0 Å². The average Bonchev–Trinajstić information content (AvgIpc) is 3.06. The van der Waals surface area contributed by atoms with Gasteiger partial charge in [-0.25, -0.2) is 9.97 Å². The number of benzene rings is 1. The third-order valence-corrected chi connectivity index (χ3v) is 5.12. The lowest BCUT2D eigenvalue weighted by atomic mass is 10.1. The Morgan fingerprint density at radius 2 is 2.27 bits per heavy atom. The van der Waals surface area contributed by atoms with Crippen molar-refractivity contribution in [2.45, 2.75) is 25.8 Å². The van der Waals surface area contributed by atoms with E-state index < -0.39 is 0 Å². The van der Waals surface area contributed by atoms with Crippen LogP contribution < -0.4 is 4.74 Å². The van der Waals surface area contributed by atoms with Crippen LogP contribution in [0.25, 0.3) is 11.0 Å². The maximum absolute atomic E-state index is 12.9. The van der Waals surface area contributed by atoms with Crippen LogP contribution in [0.3, 0.4) is 0 Å². The smallest absolute Gasteiger partial charge is 0.230 e. The Morgan fingerprint density at radius 1 is 1.42 bits per heavy atom. The minimum absolute atomic E-state index is 0.212. The third kappa shape index (κ3) is 3.16. The lowest BCUT2D eigenvalue weighted by Crippen LogP contribution is -2.37. The van der Waals surface area contributed by atoms with Crippen LogP contribution >= 0.6 is 0 Å². The Balaban J connectivity index is 1.39. The van der Waals surface area contributed by atoms with E-state index in [0.29, 0.717) is 19.5 Å². The van der Waals surface area contributed by atoms with Gasteiger partial charge in [-0.05, 0) is 25.0 Å². The fourth-order valence-corrected chi connectivity index (χ4v) is 3.39. The maximum atomic E-state index is 12.9. The molecule has 1 amide bonds. The van der Waals surface area contributed by atoms with Crippen molar-refractivity contribution in [3.63, 3.8) is 0 Å². The fourth-order valence-electron chi connectivity index (χ4n) is 3.39. The number of hydrogen-bond acceptors (Lipinski definition) is 4. The van der Waals surface area contributed by atoms with E-state index in [1.807, 2.05) is 40.9 Å².